The third kappa shape index (κ3) is 2.30. The predicted molar refractivity (Wildman–Crippen MR) is 80.9 cm³/mol. The van der Waals surface area contributed by atoms with Gasteiger partial charge in [0, 0.05) is 43.8 Å². The third-order valence-corrected chi connectivity index (χ3v) is 5.55. The highest BCUT2D eigenvalue weighted by Crippen LogP contribution is 2.29. The molecule has 2 aromatic rings. The van der Waals surface area contributed by atoms with E-state index in [1.165, 1.54) is 0 Å². The number of hydrogen-bond acceptors (Lipinski definition) is 2. The monoisotopic (exact) mass is 292 g/mol. The number of aryl methyl sites for hydroxylation is 1. The Morgan fingerprint density at radius 2 is 2.20 bits per heavy atom. The largest absolute Gasteiger partial charge is 0.383 e. The van der Waals surface area contributed by atoms with E-state index in [2.05, 4.69) is 10.4 Å². The summed E-state index contributed by atoms with van der Waals surface area (Å²) in [4.78, 5) is 0.908. The van der Waals surface area contributed by atoms with Crippen LogP contribution in [0.4, 0.5) is 0 Å². The van der Waals surface area contributed by atoms with Gasteiger partial charge < -0.3 is 9.30 Å². The number of ether oxygens (including phenoxy) is 1. The highest BCUT2D eigenvalue weighted by atomic mass is 32.2. The number of benzene rings is 1. The molecule has 2 atom stereocenters. The summed E-state index contributed by atoms with van der Waals surface area (Å²) in [6.45, 7) is 1.53. The number of nitrogens with zero attached hydrogens (tertiary/aromatic N) is 2. The van der Waals surface area contributed by atoms with Gasteiger partial charge in [0.1, 0.15) is 11.0 Å². The molecule has 1 fully saturated rings. The van der Waals surface area contributed by atoms with Crippen molar-refractivity contribution < 1.29 is 8.95 Å². The van der Waals surface area contributed by atoms with Crippen LogP contribution in [0.15, 0.2) is 35.4 Å². The molecule has 1 unspecified atom stereocenters. The number of aromatic nitrogens is 1. The zero-order chi connectivity index (χ0) is 14.1. The highest BCUT2D eigenvalue weighted by molar-refractivity contribution is 7.83. The predicted octanol–water partition coefficient (Wildman–Crippen LogP) is 2.31. The smallest absolute Gasteiger partial charge is 0.130 e. The van der Waals surface area contributed by atoms with Crippen LogP contribution >= 0.6 is 0 Å². The second-order valence-electron chi connectivity index (χ2n) is 5.26. The Balaban J connectivity index is 1.96. The molecule has 3 rings (SSSR count). The van der Waals surface area contributed by atoms with Crippen LogP contribution in [-0.4, -0.2) is 39.4 Å². The molecule has 20 heavy (non-hydrogen) atoms. The van der Waals surface area contributed by atoms with Crippen molar-refractivity contribution >= 4 is 21.9 Å². The lowest BCUT2D eigenvalue weighted by atomic mass is 10.2. The summed E-state index contributed by atoms with van der Waals surface area (Å²) in [5.74, 6) is 0. The molecule has 0 bridgehead atoms. The first-order valence-electron chi connectivity index (χ1n) is 6.94. The first kappa shape index (κ1) is 13.8. The molecule has 1 aromatic heterocycles. The van der Waals surface area contributed by atoms with Gasteiger partial charge in [0.15, 0.2) is 0 Å². The fourth-order valence-corrected chi connectivity index (χ4v) is 4.55. The molecule has 1 aliphatic rings. The molecule has 0 spiro atoms. The van der Waals surface area contributed by atoms with E-state index < -0.39 is 11.0 Å². The topological polar surface area (TPSA) is 34.5 Å². The van der Waals surface area contributed by atoms with E-state index in [-0.39, 0.29) is 6.04 Å². The van der Waals surface area contributed by atoms with E-state index >= 15 is 0 Å². The maximum atomic E-state index is 12.9. The highest BCUT2D eigenvalue weighted by Gasteiger charge is 2.30. The van der Waals surface area contributed by atoms with Gasteiger partial charge in [-0.15, -0.1) is 0 Å². The zero-order valence-corrected chi connectivity index (χ0v) is 12.7. The quantitative estimate of drug-likeness (QED) is 0.866. The molecule has 2 heterocycles. The van der Waals surface area contributed by atoms with Crippen LogP contribution in [-0.2, 0) is 22.8 Å². The van der Waals surface area contributed by atoms with Crippen LogP contribution in [0.1, 0.15) is 12.8 Å². The van der Waals surface area contributed by atoms with E-state index in [1.807, 2.05) is 36.0 Å². The summed E-state index contributed by atoms with van der Waals surface area (Å²) in [5.41, 5.74) is 1.12. The van der Waals surface area contributed by atoms with Gasteiger partial charge in [0.05, 0.1) is 11.5 Å². The van der Waals surface area contributed by atoms with Crippen LogP contribution < -0.4 is 0 Å². The molecule has 0 amide bonds. The Kier molecular flexibility index (Phi) is 3.92. The van der Waals surface area contributed by atoms with Crippen LogP contribution in [0.2, 0.25) is 0 Å². The second kappa shape index (κ2) is 5.68. The lowest BCUT2D eigenvalue weighted by molar-refractivity contribution is 0.151. The molecular weight excluding hydrogens is 272 g/mol. The summed E-state index contributed by atoms with van der Waals surface area (Å²) >= 11 is 0. The van der Waals surface area contributed by atoms with E-state index in [4.69, 9.17) is 4.74 Å². The lowest BCUT2D eigenvalue weighted by Gasteiger charge is -2.22. The molecule has 0 radical (unpaired) electrons. The minimum absolute atomic E-state index is 0.264. The van der Waals surface area contributed by atoms with Gasteiger partial charge in [-0.05, 0) is 18.9 Å². The summed E-state index contributed by atoms with van der Waals surface area (Å²) in [7, 11) is 2.59. The van der Waals surface area contributed by atoms with Crippen molar-refractivity contribution in [2.75, 3.05) is 20.3 Å². The van der Waals surface area contributed by atoms with Crippen molar-refractivity contribution in [1.29, 1.82) is 0 Å². The second-order valence-corrected chi connectivity index (χ2v) is 6.67. The summed E-state index contributed by atoms with van der Waals surface area (Å²) < 4.78 is 22.3. The number of fused-ring (bicyclic) bond motifs is 1. The van der Waals surface area contributed by atoms with Gasteiger partial charge in [0.25, 0.3) is 0 Å². The SMILES string of the molecule is COC[C@H]1CCCN1S(=O)c1cn(C)c2ccccc12. The molecule has 4 nitrogen and oxygen atoms in total. The maximum Gasteiger partial charge on any atom is 0.130 e. The lowest BCUT2D eigenvalue weighted by Crippen LogP contribution is -2.34. The standard InChI is InChI=1S/C15H20N2O2S/c1-16-10-15(13-7-3-4-8-14(13)16)20(18)17-9-5-6-12(17)11-19-2/h3-4,7-8,10,12H,5-6,9,11H2,1-2H3/t12-,20?/m1/s1. The molecular formula is C15H20N2O2S. The van der Waals surface area contributed by atoms with Crippen LogP contribution in [0.5, 0.6) is 0 Å². The molecule has 1 saturated heterocycles. The van der Waals surface area contributed by atoms with E-state index in [9.17, 15) is 4.21 Å². The maximum absolute atomic E-state index is 12.9. The molecule has 0 N–H and O–H groups in total. The first-order chi connectivity index (χ1) is 9.72. The fraction of sp³-hybridized carbons (Fsp3) is 0.467. The van der Waals surface area contributed by atoms with Gasteiger partial charge in [-0.2, -0.15) is 0 Å². The number of para-hydroxylation sites is 1. The van der Waals surface area contributed by atoms with Gasteiger partial charge >= 0.3 is 0 Å². The molecule has 0 aliphatic carbocycles. The Morgan fingerprint density at radius 1 is 1.40 bits per heavy atom. The zero-order valence-electron chi connectivity index (χ0n) is 11.9. The fourth-order valence-electron chi connectivity index (χ4n) is 2.96. The van der Waals surface area contributed by atoms with Gasteiger partial charge in [0.2, 0.25) is 0 Å². The molecule has 1 aliphatic heterocycles. The van der Waals surface area contributed by atoms with Crippen molar-refractivity contribution in [2.45, 2.75) is 23.8 Å². The van der Waals surface area contributed by atoms with Crippen molar-refractivity contribution in [3.05, 3.63) is 30.5 Å². The van der Waals surface area contributed by atoms with E-state index in [0.29, 0.717) is 6.61 Å². The van der Waals surface area contributed by atoms with E-state index in [0.717, 1.165) is 35.2 Å². The van der Waals surface area contributed by atoms with E-state index in [1.54, 1.807) is 7.11 Å². The minimum Gasteiger partial charge on any atom is -0.383 e. The minimum atomic E-state index is -1.11. The average molecular weight is 292 g/mol. The Bertz CT molecular complexity index is 638. The summed E-state index contributed by atoms with van der Waals surface area (Å²) in [6.07, 6.45) is 4.14. The van der Waals surface area contributed by atoms with Crippen LogP contribution in [0, 0.1) is 0 Å². The van der Waals surface area contributed by atoms with Crippen LogP contribution in [0.3, 0.4) is 0 Å². The Labute approximate surface area is 121 Å². The van der Waals surface area contributed by atoms with Gasteiger partial charge in [-0.3, -0.25) is 0 Å². The summed E-state index contributed by atoms with van der Waals surface area (Å²) in [5, 5.41) is 1.08. The Hall–Kier alpha value is -1.17. The van der Waals surface area contributed by atoms with Crippen molar-refractivity contribution in [2.24, 2.45) is 7.05 Å². The van der Waals surface area contributed by atoms with Crippen molar-refractivity contribution in [3.8, 4) is 0 Å². The van der Waals surface area contributed by atoms with Crippen molar-refractivity contribution in [1.82, 2.24) is 8.87 Å². The molecule has 0 saturated carbocycles. The normalized spacial score (nSPS) is 21.6. The van der Waals surface area contributed by atoms with Crippen LogP contribution in [0.25, 0.3) is 10.9 Å². The molecule has 1 aromatic carbocycles. The number of hydrogen-bond donors (Lipinski definition) is 0. The molecule has 5 heteroatoms. The summed E-state index contributed by atoms with van der Waals surface area (Å²) in [6, 6.07) is 8.38. The Morgan fingerprint density at radius 3 is 3.00 bits per heavy atom. The third-order valence-electron chi connectivity index (χ3n) is 3.94. The van der Waals surface area contributed by atoms with Gasteiger partial charge in [-0.1, -0.05) is 18.2 Å². The number of rotatable bonds is 4. The van der Waals surface area contributed by atoms with Gasteiger partial charge in [-0.25, -0.2) is 8.51 Å². The first-order valence-corrected chi connectivity index (χ1v) is 8.04. The van der Waals surface area contributed by atoms with Crippen molar-refractivity contribution in [3.63, 3.8) is 0 Å². The average Bonchev–Trinajstić information content (AvgIpc) is 3.04. The molecule has 108 valence electrons. The number of methoxy groups -OCH3 is 1.